The Morgan fingerprint density at radius 2 is 1.55 bits per heavy atom. The Balaban J connectivity index is 0.000001000. The van der Waals surface area contributed by atoms with E-state index in [0.29, 0.717) is 0 Å². The Bertz CT molecular complexity index is 219. The number of hydrogen-bond acceptors (Lipinski definition) is 0. The van der Waals surface area contributed by atoms with E-state index in [4.69, 9.17) is 0 Å². The van der Waals surface area contributed by atoms with Crippen LogP contribution in [0.15, 0.2) is 16.7 Å². The molecule has 0 saturated carbocycles. The van der Waals surface area contributed by atoms with Crippen molar-refractivity contribution in [2.45, 2.75) is 34.6 Å². The van der Waals surface area contributed by atoms with Gasteiger partial charge in [0.2, 0.25) is 0 Å². The Hall–Kier alpha value is 0.805. The summed E-state index contributed by atoms with van der Waals surface area (Å²) in [6.07, 6.45) is 3.44. The summed E-state index contributed by atoms with van der Waals surface area (Å²) in [5, 5.41) is 0. The first-order valence-corrected chi connectivity index (χ1v) is 3.75. The monoisotopic (exact) mass is 293 g/mol. The van der Waals surface area contributed by atoms with E-state index < -0.39 is 0 Å². The zero-order chi connectivity index (χ0) is 7.94. The molecule has 0 atom stereocenters. The van der Waals surface area contributed by atoms with Gasteiger partial charge in [0.1, 0.15) is 0 Å². The SMILES string of the molecule is CC1=[C-]C(C)(C)C(C)=C1C.[Gd]. The van der Waals surface area contributed by atoms with Gasteiger partial charge in [0.15, 0.2) is 0 Å². The summed E-state index contributed by atoms with van der Waals surface area (Å²) in [5.41, 5.74) is 4.39. The maximum Gasteiger partial charge on any atom is 0 e. The molecule has 0 unspecified atom stereocenters. The summed E-state index contributed by atoms with van der Waals surface area (Å²) >= 11 is 0. The molecular weight excluding hydrogens is 277 g/mol. The smallest absolute Gasteiger partial charge is 0 e. The summed E-state index contributed by atoms with van der Waals surface area (Å²) in [6, 6.07) is 0. The van der Waals surface area contributed by atoms with Crippen LogP contribution in [0.1, 0.15) is 34.6 Å². The van der Waals surface area contributed by atoms with Gasteiger partial charge < -0.3 is 0 Å². The minimum atomic E-state index is 0. The van der Waals surface area contributed by atoms with Crippen LogP contribution in [0.2, 0.25) is 0 Å². The molecule has 1 aliphatic carbocycles. The van der Waals surface area contributed by atoms with E-state index >= 15 is 0 Å². The fourth-order valence-electron chi connectivity index (χ4n) is 1.41. The van der Waals surface area contributed by atoms with Crippen molar-refractivity contribution in [1.82, 2.24) is 0 Å². The largest absolute Gasteiger partial charge is 0.263 e. The quantitative estimate of drug-likeness (QED) is 0.602. The first-order valence-electron chi connectivity index (χ1n) is 3.75. The normalized spacial score (nSPS) is 21.4. The molecule has 0 aromatic rings. The van der Waals surface area contributed by atoms with Gasteiger partial charge in [-0.2, -0.15) is 11.1 Å². The van der Waals surface area contributed by atoms with E-state index in [1.54, 1.807) is 0 Å². The molecule has 1 heteroatoms. The van der Waals surface area contributed by atoms with E-state index in [1.165, 1.54) is 16.7 Å². The minimum Gasteiger partial charge on any atom is -0.263 e. The summed E-state index contributed by atoms with van der Waals surface area (Å²) < 4.78 is 0. The van der Waals surface area contributed by atoms with E-state index in [0.717, 1.165) is 0 Å². The van der Waals surface area contributed by atoms with Crippen molar-refractivity contribution in [1.29, 1.82) is 0 Å². The summed E-state index contributed by atoms with van der Waals surface area (Å²) in [5.74, 6) is 0. The molecule has 0 saturated heterocycles. The van der Waals surface area contributed by atoms with E-state index in [1.807, 2.05) is 0 Å². The number of rotatable bonds is 0. The average Bonchev–Trinajstić information content (AvgIpc) is 1.95. The van der Waals surface area contributed by atoms with E-state index in [-0.39, 0.29) is 45.4 Å². The molecule has 1 rings (SSSR count). The Labute approximate surface area is 102 Å². The Morgan fingerprint density at radius 1 is 1.09 bits per heavy atom. The molecule has 0 fully saturated rings. The summed E-state index contributed by atoms with van der Waals surface area (Å²) in [6.45, 7) is 10.9. The standard InChI is InChI=1S/C10H15.Gd/c1-7-6-10(4,5)9(3)8(7)2;/h1-5H3;/q-1;. The Kier molecular flexibility index (Phi) is 3.95. The number of allylic oxidation sites excluding steroid dienone is 4. The molecule has 0 nitrogen and oxygen atoms in total. The van der Waals surface area contributed by atoms with Gasteiger partial charge >= 0.3 is 0 Å². The third-order valence-electron chi connectivity index (χ3n) is 2.56. The average molecular weight is 292 g/mol. The second-order valence-corrected chi connectivity index (χ2v) is 3.62. The van der Waals surface area contributed by atoms with Crippen molar-refractivity contribution in [2.75, 3.05) is 0 Å². The van der Waals surface area contributed by atoms with Gasteiger partial charge in [-0.25, -0.2) is 5.57 Å². The maximum absolute atomic E-state index is 3.44. The zero-order valence-corrected chi connectivity index (χ0v) is 10.1. The molecule has 1 aliphatic rings. The van der Waals surface area contributed by atoms with Crippen molar-refractivity contribution < 1.29 is 39.9 Å². The van der Waals surface area contributed by atoms with Crippen LogP contribution in [0.25, 0.3) is 0 Å². The predicted octanol–water partition coefficient (Wildman–Crippen LogP) is 3.11. The third kappa shape index (κ3) is 2.14. The van der Waals surface area contributed by atoms with Crippen LogP contribution in [-0.2, 0) is 0 Å². The molecular formula is C10H15Gd-. The molecule has 0 aromatic carbocycles. The van der Waals surface area contributed by atoms with Gasteiger partial charge in [0.05, 0.1) is 0 Å². The predicted molar refractivity (Wildman–Crippen MR) is 44.6 cm³/mol. The topological polar surface area (TPSA) is 0 Å². The van der Waals surface area contributed by atoms with Crippen LogP contribution in [-0.4, -0.2) is 0 Å². The van der Waals surface area contributed by atoms with Crippen LogP contribution < -0.4 is 0 Å². The fraction of sp³-hybridized carbons (Fsp3) is 0.600. The minimum absolute atomic E-state index is 0. The van der Waals surface area contributed by atoms with Crippen LogP contribution in [0.3, 0.4) is 0 Å². The molecule has 0 heterocycles. The third-order valence-corrected chi connectivity index (χ3v) is 2.56. The van der Waals surface area contributed by atoms with Gasteiger partial charge in [-0.15, -0.1) is 6.92 Å². The zero-order valence-electron chi connectivity index (χ0n) is 7.85. The molecule has 0 radical (unpaired) electrons. The number of hydrogen-bond donors (Lipinski definition) is 0. The first kappa shape index (κ1) is 11.8. The van der Waals surface area contributed by atoms with Crippen molar-refractivity contribution in [2.24, 2.45) is 5.41 Å². The van der Waals surface area contributed by atoms with Gasteiger partial charge in [-0.1, -0.05) is 33.1 Å². The van der Waals surface area contributed by atoms with Crippen LogP contribution >= 0.6 is 0 Å². The fourth-order valence-corrected chi connectivity index (χ4v) is 1.41. The van der Waals surface area contributed by atoms with Crippen LogP contribution in [0.5, 0.6) is 0 Å². The summed E-state index contributed by atoms with van der Waals surface area (Å²) in [7, 11) is 0. The van der Waals surface area contributed by atoms with Gasteiger partial charge in [0.25, 0.3) is 0 Å². The molecule has 11 heavy (non-hydrogen) atoms. The molecule has 0 spiro atoms. The van der Waals surface area contributed by atoms with Crippen molar-refractivity contribution in [3.05, 3.63) is 22.8 Å². The van der Waals surface area contributed by atoms with E-state index in [2.05, 4.69) is 40.7 Å². The molecule has 0 aliphatic heterocycles. The van der Waals surface area contributed by atoms with Gasteiger partial charge in [-0.05, 0) is 0 Å². The van der Waals surface area contributed by atoms with Crippen molar-refractivity contribution in [3.8, 4) is 0 Å². The second kappa shape index (κ2) is 3.68. The molecule has 0 N–H and O–H groups in total. The van der Waals surface area contributed by atoms with Crippen molar-refractivity contribution in [3.63, 3.8) is 0 Å². The molecule has 0 aromatic heterocycles. The molecule has 64 valence electrons. The molecule has 0 bridgehead atoms. The van der Waals surface area contributed by atoms with Crippen LogP contribution in [0.4, 0.5) is 0 Å². The van der Waals surface area contributed by atoms with Crippen LogP contribution in [0, 0.1) is 51.4 Å². The molecule has 0 amide bonds. The van der Waals surface area contributed by atoms with Gasteiger partial charge in [0, 0.05) is 39.9 Å². The van der Waals surface area contributed by atoms with Gasteiger partial charge in [-0.3, -0.25) is 6.08 Å². The van der Waals surface area contributed by atoms with Crippen molar-refractivity contribution >= 4 is 0 Å². The summed E-state index contributed by atoms with van der Waals surface area (Å²) in [4.78, 5) is 0. The Morgan fingerprint density at radius 3 is 1.64 bits per heavy atom. The second-order valence-electron chi connectivity index (χ2n) is 3.62. The first-order chi connectivity index (χ1) is 4.45. The van der Waals surface area contributed by atoms with E-state index in [9.17, 15) is 0 Å². The maximum atomic E-state index is 3.44.